The highest BCUT2D eigenvalue weighted by atomic mass is 32.2. The summed E-state index contributed by atoms with van der Waals surface area (Å²) in [6.07, 6.45) is 0.683. The van der Waals surface area contributed by atoms with Crippen molar-refractivity contribution in [3.05, 3.63) is 52.2 Å². The lowest BCUT2D eigenvalue weighted by Crippen LogP contribution is -2.25. The molecular weight excluding hydrogens is 304 g/mol. The molecule has 0 unspecified atom stereocenters. The fraction of sp³-hybridized carbons (Fsp3) is 0.200. The molecule has 0 bridgehead atoms. The summed E-state index contributed by atoms with van der Waals surface area (Å²) in [6, 6.07) is 8.44. The summed E-state index contributed by atoms with van der Waals surface area (Å²) >= 11 is 1.60. The molecule has 0 aliphatic carbocycles. The van der Waals surface area contributed by atoms with Crippen LogP contribution in [0.2, 0.25) is 0 Å². The van der Waals surface area contributed by atoms with E-state index < -0.39 is 10.0 Å². The maximum absolute atomic E-state index is 12.1. The number of rotatable bonds is 5. The summed E-state index contributed by atoms with van der Waals surface area (Å²) < 4.78 is 26.8. The lowest BCUT2D eigenvalue weighted by Gasteiger charge is -2.06. The van der Waals surface area contributed by atoms with Crippen molar-refractivity contribution in [2.75, 3.05) is 13.1 Å². The van der Waals surface area contributed by atoms with E-state index in [1.54, 1.807) is 35.6 Å². The van der Waals surface area contributed by atoms with Gasteiger partial charge in [-0.3, -0.25) is 0 Å². The first-order chi connectivity index (χ1) is 10.1. The van der Waals surface area contributed by atoms with Crippen molar-refractivity contribution in [2.45, 2.75) is 11.3 Å². The molecule has 6 heteroatoms. The van der Waals surface area contributed by atoms with Gasteiger partial charge < -0.3 is 5.73 Å². The van der Waals surface area contributed by atoms with E-state index in [0.29, 0.717) is 13.0 Å². The van der Waals surface area contributed by atoms with Gasteiger partial charge in [0.25, 0.3) is 0 Å². The molecule has 2 rings (SSSR count). The third kappa shape index (κ3) is 4.69. The van der Waals surface area contributed by atoms with Crippen molar-refractivity contribution in [1.29, 1.82) is 0 Å². The standard InChI is InChI=1S/C15H16N2O2S2/c16-9-1-2-13-3-5-15(6-4-13)21(18,19)17-10-7-14-8-11-20-12-14/h3-6,8,11-12,17H,7,9-10,16H2. The monoisotopic (exact) mass is 320 g/mol. The highest BCUT2D eigenvalue weighted by Gasteiger charge is 2.12. The predicted molar refractivity (Wildman–Crippen MR) is 85.6 cm³/mol. The van der Waals surface area contributed by atoms with Gasteiger partial charge in [0.1, 0.15) is 0 Å². The number of nitrogens with two attached hydrogens (primary N) is 1. The maximum Gasteiger partial charge on any atom is 0.240 e. The van der Waals surface area contributed by atoms with Gasteiger partial charge in [-0.1, -0.05) is 11.8 Å². The average Bonchev–Trinajstić information content (AvgIpc) is 2.98. The first-order valence-corrected chi connectivity index (χ1v) is 8.84. The SMILES string of the molecule is NCC#Cc1ccc(S(=O)(=O)NCCc2ccsc2)cc1. The fourth-order valence-electron chi connectivity index (χ4n) is 1.72. The number of nitrogens with one attached hydrogen (secondary N) is 1. The van der Waals surface area contributed by atoms with Crippen LogP contribution in [0.25, 0.3) is 0 Å². The smallest absolute Gasteiger partial charge is 0.240 e. The van der Waals surface area contributed by atoms with Crippen LogP contribution in [0.4, 0.5) is 0 Å². The molecule has 0 saturated carbocycles. The zero-order valence-electron chi connectivity index (χ0n) is 11.4. The van der Waals surface area contributed by atoms with Crippen LogP contribution < -0.4 is 10.5 Å². The van der Waals surface area contributed by atoms with Gasteiger partial charge in [-0.15, -0.1) is 0 Å². The van der Waals surface area contributed by atoms with Crippen LogP contribution in [0.3, 0.4) is 0 Å². The van der Waals surface area contributed by atoms with Crippen LogP contribution in [0.15, 0.2) is 46.0 Å². The highest BCUT2D eigenvalue weighted by molar-refractivity contribution is 7.89. The van der Waals surface area contributed by atoms with Gasteiger partial charge >= 0.3 is 0 Å². The molecule has 1 heterocycles. The largest absolute Gasteiger partial charge is 0.320 e. The summed E-state index contributed by atoms with van der Waals surface area (Å²) in [7, 11) is -3.47. The van der Waals surface area contributed by atoms with Gasteiger partial charge in [-0.05, 0) is 53.1 Å². The fourth-order valence-corrected chi connectivity index (χ4v) is 3.45. The molecule has 0 amide bonds. The van der Waals surface area contributed by atoms with Crippen LogP contribution in [0.1, 0.15) is 11.1 Å². The van der Waals surface area contributed by atoms with E-state index in [2.05, 4.69) is 16.6 Å². The summed E-state index contributed by atoms with van der Waals surface area (Å²) in [6.45, 7) is 0.665. The lowest BCUT2D eigenvalue weighted by molar-refractivity contribution is 0.581. The van der Waals surface area contributed by atoms with Crippen LogP contribution >= 0.6 is 11.3 Å². The Kier molecular flexibility index (Phi) is 5.53. The van der Waals surface area contributed by atoms with Gasteiger partial charge in [-0.25, -0.2) is 13.1 Å². The van der Waals surface area contributed by atoms with E-state index in [9.17, 15) is 8.42 Å². The van der Waals surface area contributed by atoms with E-state index in [4.69, 9.17) is 5.73 Å². The molecule has 0 aliphatic heterocycles. The number of benzene rings is 1. The topological polar surface area (TPSA) is 72.2 Å². The molecule has 0 atom stereocenters. The Morgan fingerprint density at radius 3 is 2.57 bits per heavy atom. The second-order valence-corrected chi connectivity index (χ2v) is 6.86. The van der Waals surface area contributed by atoms with Crippen molar-refractivity contribution in [3.63, 3.8) is 0 Å². The molecule has 0 fully saturated rings. The second-order valence-electron chi connectivity index (χ2n) is 4.31. The Morgan fingerprint density at radius 1 is 1.19 bits per heavy atom. The average molecular weight is 320 g/mol. The van der Waals surface area contributed by atoms with Crippen LogP contribution in [0, 0.1) is 11.8 Å². The van der Waals surface area contributed by atoms with Crippen molar-refractivity contribution < 1.29 is 8.42 Å². The third-order valence-electron chi connectivity index (χ3n) is 2.79. The highest BCUT2D eigenvalue weighted by Crippen LogP contribution is 2.11. The lowest BCUT2D eigenvalue weighted by atomic mass is 10.2. The molecular formula is C15H16N2O2S2. The number of sulfonamides is 1. The normalized spacial score (nSPS) is 10.9. The molecule has 1 aromatic heterocycles. The molecule has 110 valence electrons. The molecule has 3 N–H and O–H groups in total. The Morgan fingerprint density at radius 2 is 1.95 bits per heavy atom. The summed E-state index contributed by atoms with van der Waals surface area (Å²) in [5, 5.41) is 3.99. The van der Waals surface area contributed by atoms with E-state index in [-0.39, 0.29) is 11.4 Å². The van der Waals surface area contributed by atoms with Crippen molar-refractivity contribution in [1.82, 2.24) is 4.72 Å². The van der Waals surface area contributed by atoms with Gasteiger partial charge in [0.2, 0.25) is 10.0 Å². The Bertz CT molecular complexity index is 724. The molecule has 21 heavy (non-hydrogen) atoms. The van der Waals surface area contributed by atoms with Crippen molar-refractivity contribution in [3.8, 4) is 11.8 Å². The summed E-state index contributed by atoms with van der Waals surface area (Å²) in [5.41, 5.74) is 7.17. The zero-order valence-corrected chi connectivity index (χ0v) is 13.0. The Labute approximate surface area is 129 Å². The van der Waals surface area contributed by atoms with Crippen LogP contribution in [0.5, 0.6) is 0 Å². The molecule has 0 spiro atoms. The molecule has 0 saturated heterocycles. The van der Waals surface area contributed by atoms with Crippen molar-refractivity contribution >= 4 is 21.4 Å². The first kappa shape index (κ1) is 15.7. The van der Waals surface area contributed by atoms with Gasteiger partial charge in [0.15, 0.2) is 0 Å². The number of hydrogen-bond acceptors (Lipinski definition) is 4. The molecule has 0 radical (unpaired) electrons. The molecule has 4 nitrogen and oxygen atoms in total. The van der Waals surface area contributed by atoms with E-state index in [1.165, 1.54) is 0 Å². The number of hydrogen-bond donors (Lipinski definition) is 2. The minimum absolute atomic E-state index is 0.242. The second kappa shape index (κ2) is 7.38. The van der Waals surface area contributed by atoms with Crippen LogP contribution in [-0.2, 0) is 16.4 Å². The van der Waals surface area contributed by atoms with Gasteiger partial charge in [-0.2, -0.15) is 11.3 Å². The Balaban J connectivity index is 1.98. The number of thiophene rings is 1. The minimum Gasteiger partial charge on any atom is -0.320 e. The first-order valence-electron chi connectivity index (χ1n) is 6.41. The quantitative estimate of drug-likeness (QED) is 0.822. The third-order valence-corrected chi connectivity index (χ3v) is 4.99. The van der Waals surface area contributed by atoms with E-state index in [1.807, 2.05) is 16.8 Å². The predicted octanol–water partition coefficient (Wildman–Crippen LogP) is 1.58. The maximum atomic E-state index is 12.1. The molecule has 1 aromatic carbocycles. The van der Waals surface area contributed by atoms with Crippen LogP contribution in [-0.4, -0.2) is 21.5 Å². The minimum atomic E-state index is -3.47. The van der Waals surface area contributed by atoms with Crippen molar-refractivity contribution in [2.24, 2.45) is 5.73 Å². The summed E-state index contributed by atoms with van der Waals surface area (Å²) in [4.78, 5) is 0.242. The van der Waals surface area contributed by atoms with E-state index in [0.717, 1.165) is 11.1 Å². The zero-order chi connectivity index (χ0) is 15.1. The van der Waals surface area contributed by atoms with E-state index >= 15 is 0 Å². The molecule has 0 aliphatic rings. The van der Waals surface area contributed by atoms with Gasteiger partial charge in [0.05, 0.1) is 11.4 Å². The van der Waals surface area contributed by atoms with Gasteiger partial charge in [0, 0.05) is 12.1 Å². The summed E-state index contributed by atoms with van der Waals surface area (Å²) in [5.74, 6) is 5.58. The molecule has 2 aromatic rings. The Hall–Kier alpha value is -1.65.